The lowest BCUT2D eigenvalue weighted by molar-refractivity contribution is 0.00538. The van der Waals surface area contributed by atoms with Gasteiger partial charge in [0.15, 0.2) is 0 Å². The maximum atomic E-state index is 9.79. The van der Waals surface area contributed by atoms with Gasteiger partial charge in [-0.15, -0.1) is 0 Å². The smallest absolute Gasteiger partial charge is 0.0897 e. The summed E-state index contributed by atoms with van der Waals surface area (Å²) in [6.07, 6.45) is 2.09. The van der Waals surface area contributed by atoms with Crippen LogP contribution in [-0.4, -0.2) is 50.2 Å². The first-order valence-electron chi connectivity index (χ1n) is 7.22. The van der Waals surface area contributed by atoms with Crippen molar-refractivity contribution >= 4 is 0 Å². The lowest BCUT2D eigenvalue weighted by Crippen LogP contribution is -2.39. The Morgan fingerprint density at radius 2 is 1.94 bits per heavy atom. The fraction of sp³-hybridized carbons (Fsp3) is 1.00. The van der Waals surface area contributed by atoms with Crippen LogP contribution in [0.1, 0.15) is 33.6 Å². The highest BCUT2D eigenvalue weighted by Gasteiger charge is 2.29. The summed E-state index contributed by atoms with van der Waals surface area (Å²) in [4.78, 5) is 0. The third-order valence-electron chi connectivity index (χ3n) is 3.97. The van der Waals surface area contributed by atoms with E-state index in [4.69, 9.17) is 9.47 Å². The molecule has 4 heteroatoms. The molecule has 1 aliphatic rings. The summed E-state index contributed by atoms with van der Waals surface area (Å²) < 4.78 is 10.5. The van der Waals surface area contributed by atoms with Crippen LogP contribution in [0.2, 0.25) is 0 Å². The first-order valence-corrected chi connectivity index (χ1v) is 7.22. The number of rotatable bonds is 9. The standard InChI is InChI=1S/C14H29NO3/c1-4-17-7-8-18-10-13(16)9-15-14-6-5-11(2)12(14)3/h11-16H,4-10H2,1-3H3. The Bertz CT molecular complexity index is 213. The van der Waals surface area contributed by atoms with E-state index in [-0.39, 0.29) is 0 Å². The Kier molecular flexibility index (Phi) is 7.82. The first-order chi connectivity index (χ1) is 8.65. The Labute approximate surface area is 111 Å². The molecule has 0 spiro atoms. The number of hydrogen-bond acceptors (Lipinski definition) is 4. The van der Waals surface area contributed by atoms with E-state index < -0.39 is 6.10 Å². The third kappa shape index (κ3) is 5.65. The average molecular weight is 259 g/mol. The molecule has 0 bridgehead atoms. The minimum atomic E-state index is -0.422. The van der Waals surface area contributed by atoms with E-state index >= 15 is 0 Å². The van der Waals surface area contributed by atoms with Crippen LogP contribution in [-0.2, 0) is 9.47 Å². The molecule has 1 aliphatic carbocycles. The van der Waals surface area contributed by atoms with Crippen molar-refractivity contribution in [2.45, 2.75) is 45.8 Å². The van der Waals surface area contributed by atoms with E-state index in [2.05, 4.69) is 19.2 Å². The van der Waals surface area contributed by atoms with Crippen molar-refractivity contribution in [2.75, 3.05) is 33.0 Å². The predicted molar refractivity (Wildman–Crippen MR) is 72.7 cm³/mol. The molecule has 0 amide bonds. The minimum Gasteiger partial charge on any atom is -0.389 e. The second kappa shape index (κ2) is 8.86. The number of aliphatic hydroxyl groups is 1. The molecule has 0 radical (unpaired) electrons. The quantitative estimate of drug-likeness (QED) is 0.615. The van der Waals surface area contributed by atoms with Crippen LogP contribution < -0.4 is 5.32 Å². The SMILES string of the molecule is CCOCCOCC(O)CNC1CCC(C)C1C. The van der Waals surface area contributed by atoms with Crippen molar-refractivity contribution < 1.29 is 14.6 Å². The zero-order valence-corrected chi connectivity index (χ0v) is 12.0. The molecule has 4 atom stereocenters. The molecule has 4 unspecified atom stereocenters. The highest BCUT2D eigenvalue weighted by Crippen LogP contribution is 2.30. The average Bonchev–Trinajstić information content (AvgIpc) is 2.67. The topological polar surface area (TPSA) is 50.7 Å². The largest absolute Gasteiger partial charge is 0.389 e. The summed E-state index contributed by atoms with van der Waals surface area (Å²) in [5.41, 5.74) is 0. The summed E-state index contributed by atoms with van der Waals surface area (Å²) in [5, 5.41) is 13.2. The highest BCUT2D eigenvalue weighted by molar-refractivity contribution is 4.85. The van der Waals surface area contributed by atoms with Crippen LogP contribution in [0.5, 0.6) is 0 Å². The van der Waals surface area contributed by atoms with Crippen LogP contribution >= 0.6 is 0 Å². The lowest BCUT2D eigenvalue weighted by atomic mass is 9.98. The molecule has 0 aromatic heterocycles. The molecule has 0 heterocycles. The molecule has 0 saturated heterocycles. The van der Waals surface area contributed by atoms with E-state index in [1.807, 2.05) is 6.92 Å². The van der Waals surface area contributed by atoms with Gasteiger partial charge in [0.25, 0.3) is 0 Å². The van der Waals surface area contributed by atoms with Gasteiger partial charge in [0, 0.05) is 19.2 Å². The van der Waals surface area contributed by atoms with E-state index in [9.17, 15) is 5.11 Å². The molecule has 18 heavy (non-hydrogen) atoms. The first kappa shape index (κ1) is 15.9. The van der Waals surface area contributed by atoms with Crippen LogP contribution in [0.25, 0.3) is 0 Å². The highest BCUT2D eigenvalue weighted by atomic mass is 16.5. The molecule has 0 aromatic rings. The van der Waals surface area contributed by atoms with E-state index in [1.165, 1.54) is 12.8 Å². The molecular weight excluding hydrogens is 230 g/mol. The van der Waals surface area contributed by atoms with Gasteiger partial charge in [-0.3, -0.25) is 0 Å². The van der Waals surface area contributed by atoms with Gasteiger partial charge in [0.1, 0.15) is 0 Å². The predicted octanol–water partition coefficient (Wildman–Crippen LogP) is 1.42. The van der Waals surface area contributed by atoms with E-state index in [0.29, 0.717) is 44.9 Å². The van der Waals surface area contributed by atoms with Gasteiger partial charge in [-0.05, 0) is 31.6 Å². The van der Waals surface area contributed by atoms with Crippen LogP contribution in [0, 0.1) is 11.8 Å². The lowest BCUT2D eigenvalue weighted by Gasteiger charge is -2.21. The maximum Gasteiger partial charge on any atom is 0.0897 e. The van der Waals surface area contributed by atoms with Crippen molar-refractivity contribution in [1.29, 1.82) is 0 Å². The van der Waals surface area contributed by atoms with Crippen LogP contribution in [0.4, 0.5) is 0 Å². The number of aliphatic hydroxyl groups excluding tert-OH is 1. The second-order valence-corrected chi connectivity index (χ2v) is 5.35. The van der Waals surface area contributed by atoms with Gasteiger partial charge in [0.2, 0.25) is 0 Å². The Morgan fingerprint density at radius 1 is 1.22 bits per heavy atom. The van der Waals surface area contributed by atoms with Crippen molar-refractivity contribution in [2.24, 2.45) is 11.8 Å². The molecule has 4 nitrogen and oxygen atoms in total. The van der Waals surface area contributed by atoms with Crippen molar-refractivity contribution in [1.82, 2.24) is 5.32 Å². The normalized spacial score (nSPS) is 29.7. The van der Waals surface area contributed by atoms with Gasteiger partial charge in [-0.1, -0.05) is 13.8 Å². The molecule has 0 aliphatic heterocycles. The Morgan fingerprint density at radius 3 is 2.56 bits per heavy atom. The van der Waals surface area contributed by atoms with E-state index in [0.717, 1.165) is 5.92 Å². The van der Waals surface area contributed by atoms with Crippen LogP contribution in [0.15, 0.2) is 0 Å². The maximum absolute atomic E-state index is 9.79. The molecular formula is C14H29NO3. The van der Waals surface area contributed by atoms with Gasteiger partial charge >= 0.3 is 0 Å². The van der Waals surface area contributed by atoms with Gasteiger partial charge in [0.05, 0.1) is 25.9 Å². The Hall–Kier alpha value is -0.160. The number of ether oxygens (including phenoxy) is 2. The summed E-state index contributed by atoms with van der Waals surface area (Å²) >= 11 is 0. The minimum absolute atomic E-state index is 0.386. The molecule has 2 N–H and O–H groups in total. The zero-order valence-electron chi connectivity index (χ0n) is 12.0. The molecule has 0 aromatic carbocycles. The van der Waals surface area contributed by atoms with Crippen molar-refractivity contribution in [3.05, 3.63) is 0 Å². The molecule has 108 valence electrons. The molecule has 1 rings (SSSR count). The van der Waals surface area contributed by atoms with Crippen molar-refractivity contribution in [3.8, 4) is 0 Å². The fourth-order valence-electron chi connectivity index (χ4n) is 2.48. The Balaban J connectivity index is 2.01. The summed E-state index contributed by atoms with van der Waals surface area (Å²) in [5.74, 6) is 1.50. The summed E-state index contributed by atoms with van der Waals surface area (Å²) in [6.45, 7) is 9.44. The summed E-state index contributed by atoms with van der Waals surface area (Å²) in [7, 11) is 0. The summed E-state index contributed by atoms with van der Waals surface area (Å²) in [6, 6.07) is 0.554. The van der Waals surface area contributed by atoms with Gasteiger partial charge < -0.3 is 19.9 Å². The zero-order chi connectivity index (χ0) is 13.4. The molecule has 1 fully saturated rings. The number of hydrogen-bond donors (Lipinski definition) is 2. The fourth-order valence-corrected chi connectivity index (χ4v) is 2.48. The monoisotopic (exact) mass is 259 g/mol. The number of nitrogens with one attached hydrogen (secondary N) is 1. The van der Waals surface area contributed by atoms with Crippen molar-refractivity contribution in [3.63, 3.8) is 0 Å². The molecule has 1 saturated carbocycles. The van der Waals surface area contributed by atoms with Gasteiger partial charge in [-0.2, -0.15) is 0 Å². The van der Waals surface area contributed by atoms with Gasteiger partial charge in [-0.25, -0.2) is 0 Å². The second-order valence-electron chi connectivity index (χ2n) is 5.35. The van der Waals surface area contributed by atoms with E-state index in [1.54, 1.807) is 0 Å². The third-order valence-corrected chi connectivity index (χ3v) is 3.97. The van der Waals surface area contributed by atoms with Crippen LogP contribution in [0.3, 0.4) is 0 Å².